The number of rotatable bonds is 28. The largest absolute Gasteiger partial charge is 0.481 e. The van der Waals surface area contributed by atoms with E-state index in [1.807, 2.05) is 5.32 Å². The first kappa shape index (κ1) is 61.5. The molecule has 1 aliphatic carbocycles. The first-order valence-corrected chi connectivity index (χ1v) is 23.8. The third kappa shape index (κ3) is 22.2. The Labute approximate surface area is 415 Å². The molecule has 1 aromatic rings. The molecule has 24 heteroatoms. The van der Waals surface area contributed by atoms with Crippen molar-refractivity contribution in [1.82, 2.24) is 37.2 Å². The standard InChI is InChI=1S/C48H70F3N7O14/c1-25(2)21-31(42(68)57-34(24-48(49,50)51)39(66)45(71)52-27(4)28-14-9-8-10-15-28)56-46(72)40(47(5,6)7)58-44(70)32(22-29-16-12-11-13-26(29)3)55-41(67)30(17-19-36(60)61)54-43(69)33(23-38(64)65)53-35(59)18-20-37(62)63/h11-13,16,25,27-28,30-34,40H,8-10,14-15,17-24H2,1-7H3,(H,52,71)(H,53,59)(H,54,69)(H,55,67)(H,56,72)(H,57,68)(H,58,70)(H,60,61)(H,62,63)(H,64,65)/t27?,30-,31-,32-,33-,34?,40+/m0/s1. The molecule has 7 atom stereocenters. The fourth-order valence-corrected chi connectivity index (χ4v) is 8.00. The van der Waals surface area contributed by atoms with E-state index in [4.69, 9.17) is 5.11 Å². The van der Waals surface area contributed by atoms with Crippen molar-refractivity contribution in [2.45, 2.75) is 180 Å². The molecule has 0 heterocycles. The number of carbonyl (C=O) groups is 11. The summed E-state index contributed by atoms with van der Waals surface area (Å²) in [6.45, 7) is 11.2. The molecule has 1 fully saturated rings. The molecular formula is C48H70F3N7O14. The average molecular weight is 1030 g/mol. The summed E-state index contributed by atoms with van der Waals surface area (Å²) in [5.74, 6) is -14.3. The lowest BCUT2D eigenvalue weighted by Crippen LogP contribution is -2.62. The van der Waals surface area contributed by atoms with E-state index < -0.39 is 163 Å². The molecule has 0 spiro atoms. The number of carboxylic acids is 3. The van der Waals surface area contributed by atoms with Gasteiger partial charge >= 0.3 is 24.1 Å². The van der Waals surface area contributed by atoms with Gasteiger partial charge in [-0.25, -0.2) is 0 Å². The fourth-order valence-electron chi connectivity index (χ4n) is 8.00. The van der Waals surface area contributed by atoms with Gasteiger partial charge in [0, 0.05) is 25.3 Å². The molecule has 1 aromatic carbocycles. The van der Waals surface area contributed by atoms with Gasteiger partial charge in [-0.1, -0.05) is 78.1 Å². The molecule has 1 saturated carbocycles. The number of nitrogens with one attached hydrogen (secondary N) is 7. The van der Waals surface area contributed by atoms with Crippen molar-refractivity contribution in [1.29, 1.82) is 0 Å². The van der Waals surface area contributed by atoms with Crippen LogP contribution in [0.5, 0.6) is 0 Å². The Bertz CT molecular complexity index is 2120. The van der Waals surface area contributed by atoms with Crippen molar-refractivity contribution in [3.05, 3.63) is 35.4 Å². The van der Waals surface area contributed by atoms with Crippen molar-refractivity contribution >= 4 is 65.0 Å². The van der Waals surface area contributed by atoms with E-state index in [1.54, 1.807) is 52.0 Å². The summed E-state index contributed by atoms with van der Waals surface area (Å²) < 4.78 is 41.7. The van der Waals surface area contributed by atoms with Gasteiger partial charge < -0.3 is 52.5 Å². The number of benzene rings is 1. The highest BCUT2D eigenvalue weighted by Gasteiger charge is 2.42. The summed E-state index contributed by atoms with van der Waals surface area (Å²) in [4.78, 5) is 143. The highest BCUT2D eigenvalue weighted by molar-refractivity contribution is 6.38. The fraction of sp³-hybridized carbons (Fsp3) is 0.646. The minimum Gasteiger partial charge on any atom is -0.481 e. The number of ketones is 1. The van der Waals surface area contributed by atoms with Crippen LogP contribution in [0.4, 0.5) is 13.2 Å². The van der Waals surface area contributed by atoms with E-state index in [9.17, 15) is 76.1 Å². The molecule has 1 aliphatic rings. The van der Waals surface area contributed by atoms with E-state index >= 15 is 0 Å². The number of hydrogen-bond donors (Lipinski definition) is 10. The van der Waals surface area contributed by atoms with Crippen LogP contribution in [-0.4, -0.2) is 129 Å². The summed E-state index contributed by atoms with van der Waals surface area (Å²) >= 11 is 0. The van der Waals surface area contributed by atoms with Gasteiger partial charge in [0.1, 0.15) is 36.3 Å². The van der Waals surface area contributed by atoms with Crippen LogP contribution < -0.4 is 37.2 Å². The number of carboxylic acid groups (broad SMARTS) is 3. The summed E-state index contributed by atoms with van der Waals surface area (Å²) in [6.07, 6.45) is -6.79. The maximum Gasteiger partial charge on any atom is 0.391 e. The van der Waals surface area contributed by atoms with Gasteiger partial charge in [0.25, 0.3) is 5.91 Å². The Morgan fingerprint density at radius 1 is 0.611 bits per heavy atom. The summed E-state index contributed by atoms with van der Waals surface area (Å²) in [6, 6.07) is -4.69. The number of aryl methyl sites for hydroxylation is 1. The second kappa shape index (κ2) is 28.4. The topological polar surface area (TPSA) is 333 Å². The Hall–Kier alpha value is -6.62. The van der Waals surface area contributed by atoms with Crippen molar-refractivity contribution in [3.63, 3.8) is 0 Å². The maximum atomic E-state index is 14.4. The highest BCUT2D eigenvalue weighted by Crippen LogP contribution is 2.27. The Morgan fingerprint density at radius 2 is 1.14 bits per heavy atom. The lowest BCUT2D eigenvalue weighted by atomic mass is 9.84. The predicted octanol–water partition coefficient (Wildman–Crippen LogP) is 2.35. The van der Waals surface area contributed by atoms with E-state index in [-0.39, 0.29) is 18.8 Å². The zero-order valence-electron chi connectivity index (χ0n) is 41.7. The molecule has 0 aromatic heterocycles. The van der Waals surface area contributed by atoms with Crippen molar-refractivity contribution in [2.24, 2.45) is 17.3 Å². The third-order valence-corrected chi connectivity index (χ3v) is 12.0. The molecule has 0 saturated heterocycles. The molecule has 0 aliphatic heterocycles. The average Bonchev–Trinajstić information content (AvgIpc) is 3.27. The Morgan fingerprint density at radius 3 is 1.68 bits per heavy atom. The van der Waals surface area contributed by atoms with Crippen LogP contribution in [0.1, 0.15) is 130 Å². The van der Waals surface area contributed by atoms with Gasteiger partial charge in [-0.05, 0) is 67.9 Å². The molecule has 0 radical (unpaired) electrons. The predicted molar refractivity (Wildman–Crippen MR) is 251 cm³/mol. The van der Waals surface area contributed by atoms with E-state index in [0.29, 0.717) is 11.1 Å². The van der Waals surface area contributed by atoms with Gasteiger partial charge in [-0.2, -0.15) is 13.2 Å². The second-order valence-electron chi connectivity index (χ2n) is 19.7. The Kier molecular flexibility index (Phi) is 24.3. The lowest BCUT2D eigenvalue weighted by Gasteiger charge is -2.34. The van der Waals surface area contributed by atoms with Crippen LogP contribution in [-0.2, 0) is 59.2 Å². The number of halogens is 3. The van der Waals surface area contributed by atoms with Gasteiger partial charge in [-0.3, -0.25) is 52.7 Å². The number of hydrogen-bond acceptors (Lipinski definition) is 11. The van der Waals surface area contributed by atoms with Crippen molar-refractivity contribution in [3.8, 4) is 0 Å². The van der Waals surface area contributed by atoms with Crippen LogP contribution in [0, 0.1) is 24.2 Å². The first-order chi connectivity index (χ1) is 33.4. The van der Waals surface area contributed by atoms with E-state index in [1.165, 1.54) is 20.8 Å². The molecule has 10 N–H and O–H groups in total. The quantitative estimate of drug-likeness (QED) is 0.0539. The number of alkyl halides is 3. The van der Waals surface area contributed by atoms with Gasteiger partial charge in [0.2, 0.25) is 41.2 Å². The molecule has 2 rings (SSSR count). The number of carbonyl (C=O) groups excluding carboxylic acids is 8. The van der Waals surface area contributed by atoms with Crippen LogP contribution in [0.2, 0.25) is 0 Å². The smallest absolute Gasteiger partial charge is 0.391 e. The van der Waals surface area contributed by atoms with E-state index in [2.05, 4.69) is 31.9 Å². The summed E-state index contributed by atoms with van der Waals surface area (Å²) in [5, 5.41) is 44.2. The lowest BCUT2D eigenvalue weighted by molar-refractivity contribution is -0.154. The van der Waals surface area contributed by atoms with Crippen LogP contribution in [0.25, 0.3) is 0 Å². The van der Waals surface area contributed by atoms with Crippen LogP contribution in [0.15, 0.2) is 24.3 Å². The second-order valence-corrected chi connectivity index (χ2v) is 19.7. The van der Waals surface area contributed by atoms with Gasteiger partial charge in [0.15, 0.2) is 0 Å². The number of aliphatic carboxylic acids is 3. The monoisotopic (exact) mass is 1030 g/mol. The number of amides is 7. The SMILES string of the molecule is Cc1ccccc1C[C@H](NC(=O)[C@H](CCC(=O)O)NC(=O)[C@H](CC(=O)O)NC(=O)CCC(=O)O)C(=O)N[C@H](C(=O)N[C@@H](CC(C)C)C(=O)NC(CC(F)(F)F)C(=O)C(=O)NC(C)C1CCCCC1)C(C)(C)C. The maximum absolute atomic E-state index is 14.4. The summed E-state index contributed by atoms with van der Waals surface area (Å²) in [7, 11) is 0. The Balaban J connectivity index is 2.49. The van der Waals surface area contributed by atoms with E-state index in [0.717, 1.165) is 32.1 Å². The third-order valence-electron chi connectivity index (χ3n) is 12.0. The molecule has 72 heavy (non-hydrogen) atoms. The van der Waals surface area contributed by atoms with Gasteiger partial charge in [-0.15, -0.1) is 0 Å². The molecule has 7 amide bonds. The highest BCUT2D eigenvalue weighted by atomic mass is 19.4. The minimum atomic E-state index is -5.02. The zero-order valence-corrected chi connectivity index (χ0v) is 41.7. The van der Waals surface area contributed by atoms with Gasteiger partial charge in [0.05, 0.1) is 19.3 Å². The van der Waals surface area contributed by atoms with Crippen molar-refractivity contribution < 1.29 is 81.2 Å². The zero-order chi connectivity index (χ0) is 54.7. The molecule has 21 nitrogen and oxygen atoms in total. The summed E-state index contributed by atoms with van der Waals surface area (Å²) in [5.41, 5.74) is -0.0640. The molecule has 2 unspecified atom stereocenters. The first-order valence-electron chi connectivity index (χ1n) is 23.8. The number of Topliss-reactive ketones (excluding diaryl/α,β-unsaturated/α-hetero) is 1. The minimum absolute atomic E-state index is 0.00220. The molecular weight excluding hydrogens is 956 g/mol. The van der Waals surface area contributed by atoms with Crippen molar-refractivity contribution in [2.75, 3.05) is 0 Å². The van der Waals surface area contributed by atoms with Crippen LogP contribution in [0.3, 0.4) is 0 Å². The normalized spacial score (nSPS) is 16.0. The van der Waals surface area contributed by atoms with Crippen LogP contribution >= 0.6 is 0 Å². The molecule has 402 valence electrons. The molecule has 0 bridgehead atoms.